The Labute approximate surface area is 397 Å². The van der Waals surface area contributed by atoms with Gasteiger partial charge in [0.15, 0.2) is 0 Å². The number of anilines is 2. The van der Waals surface area contributed by atoms with E-state index in [9.17, 15) is 0 Å². The number of nitrogens with zero attached hydrogens (tertiary/aromatic N) is 2. The van der Waals surface area contributed by atoms with Gasteiger partial charge in [-0.05, 0) is 151 Å². The Morgan fingerprint density at radius 3 is 1.90 bits per heavy atom. The van der Waals surface area contributed by atoms with Crippen LogP contribution in [0.4, 0.5) is 11.4 Å². The van der Waals surface area contributed by atoms with Gasteiger partial charge in [-0.25, -0.2) is 0 Å². The summed E-state index contributed by atoms with van der Waals surface area (Å²) in [6.45, 7) is 21.5. The highest BCUT2D eigenvalue weighted by atomic mass is 16.3. The molecule has 0 N–H and O–H groups in total. The van der Waals surface area contributed by atoms with Gasteiger partial charge in [-0.2, -0.15) is 0 Å². The number of hydrogen-bond acceptors (Lipinski definition) is 3. The van der Waals surface area contributed by atoms with Crippen LogP contribution in [0.1, 0.15) is 103 Å². The molecule has 4 aliphatic rings. The second-order valence-electron chi connectivity index (χ2n) is 23.5. The molecule has 0 saturated heterocycles. The zero-order chi connectivity index (χ0) is 46.1. The summed E-state index contributed by atoms with van der Waals surface area (Å²) in [5, 5.41) is 6.92. The van der Waals surface area contributed by atoms with Crippen molar-refractivity contribution in [3.8, 4) is 27.9 Å². The highest BCUT2D eigenvalue weighted by Gasteiger charge is 2.48. The zero-order valence-corrected chi connectivity index (χ0v) is 40.4. The van der Waals surface area contributed by atoms with Gasteiger partial charge in [0.2, 0.25) is 0 Å². The van der Waals surface area contributed by atoms with E-state index >= 15 is 0 Å². The summed E-state index contributed by atoms with van der Waals surface area (Å²) in [6.07, 6.45) is 2.39. The maximum atomic E-state index is 6.91. The van der Waals surface area contributed by atoms with Crippen LogP contribution in [0.3, 0.4) is 0 Å². The van der Waals surface area contributed by atoms with Crippen LogP contribution in [0.5, 0.6) is 0 Å². The number of benzene rings is 8. The summed E-state index contributed by atoms with van der Waals surface area (Å²) in [4.78, 5) is 2.69. The SMILES string of the molecule is CC(C)(C)c1ccc(N2B3c4cc5oc6ccccc6c5cc4-n4c5ccc6c7ccccc7oc6c5c5ccc(c3c54)-c3cc4c(cc32)C(C)(C)c2cc3c(cc2-4)C(C)(C)CCC3(C)C)cc1. The Hall–Kier alpha value is -6.98. The third kappa shape index (κ3) is 4.77. The van der Waals surface area contributed by atoms with Crippen LogP contribution in [0.2, 0.25) is 0 Å². The zero-order valence-electron chi connectivity index (χ0n) is 40.4. The van der Waals surface area contributed by atoms with Crippen molar-refractivity contribution < 1.29 is 8.83 Å². The van der Waals surface area contributed by atoms with Crippen molar-refractivity contribution in [3.63, 3.8) is 0 Å². The van der Waals surface area contributed by atoms with E-state index in [-0.39, 0.29) is 28.5 Å². The molecule has 0 atom stereocenters. The predicted molar refractivity (Wildman–Crippen MR) is 286 cm³/mol. The van der Waals surface area contributed by atoms with Gasteiger partial charge >= 0.3 is 6.85 Å². The monoisotopic (exact) mass is 880 g/mol. The van der Waals surface area contributed by atoms with E-state index in [1.165, 1.54) is 102 Å². The first-order chi connectivity index (χ1) is 32.6. The summed E-state index contributed by atoms with van der Waals surface area (Å²) in [5.74, 6) is 0. The summed E-state index contributed by atoms with van der Waals surface area (Å²) >= 11 is 0. The van der Waals surface area contributed by atoms with Crippen LogP contribution in [-0.4, -0.2) is 11.4 Å². The number of para-hydroxylation sites is 2. The fourth-order valence-electron chi connectivity index (χ4n) is 13.6. The summed E-state index contributed by atoms with van der Waals surface area (Å²) in [6, 6.07) is 51.1. The molecule has 5 heteroatoms. The maximum Gasteiger partial charge on any atom is 0.333 e. The maximum absolute atomic E-state index is 6.91. The normalized spacial score (nSPS) is 17.1. The number of rotatable bonds is 1. The molecule has 2 aliphatic carbocycles. The molecule has 0 fully saturated rings. The molecule has 0 spiro atoms. The average Bonchev–Trinajstić information content (AvgIpc) is 4.05. The fraction of sp³-hybridized carbons (Fsp3) is 0.238. The lowest BCUT2D eigenvalue weighted by Crippen LogP contribution is -2.60. The van der Waals surface area contributed by atoms with E-state index < -0.39 is 0 Å². The smallest absolute Gasteiger partial charge is 0.333 e. The van der Waals surface area contributed by atoms with Gasteiger partial charge in [-0.1, -0.05) is 129 Å². The van der Waals surface area contributed by atoms with E-state index in [0.717, 1.165) is 54.8 Å². The molecular weight excluding hydrogens is 828 g/mol. The van der Waals surface area contributed by atoms with Crippen LogP contribution in [0.15, 0.2) is 142 Å². The number of aromatic nitrogens is 1. The third-order valence-corrected chi connectivity index (χ3v) is 17.4. The van der Waals surface area contributed by atoms with Gasteiger partial charge in [-0.15, -0.1) is 0 Å². The van der Waals surface area contributed by atoms with Crippen LogP contribution in [0.25, 0.3) is 93.6 Å². The minimum Gasteiger partial charge on any atom is -0.456 e. The van der Waals surface area contributed by atoms with Gasteiger partial charge < -0.3 is 18.2 Å². The summed E-state index contributed by atoms with van der Waals surface area (Å²) in [5.41, 5.74) is 24.8. The van der Waals surface area contributed by atoms with Crippen molar-refractivity contribution in [3.05, 3.63) is 161 Å². The minimum atomic E-state index is -0.201. The lowest BCUT2D eigenvalue weighted by Gasteiger charge is -2.42. The van der Waals surface area contributed by atoms with E-state index in [2.05, 4.69) is 205 Å². The van der Waals surface area contributed by atoms with Crippen molar-refractivity contribution in [2.45, 2.75) is 96.8 Å². The Morgan fingerprint density at radius 2 is 1.16 bits per heavy atom. The molecule has 8 aromatic carbocycles. The number of furan rings is 2. The van der Waals surface area contributed by atoms with E-state index in [1.807, 2.05) is 0 Å². The summed E-state index contributed by atoms with van der Waals surface area (Å²) in [7, 11) is 0. The van der Waals surface area contributed by atoms with Crippen molar-refractivity contribution in [2.75, 3.05) is 4.81 Å². The Kier molecular flexibility index (Phi) is 7.11. The first kappa shape index (κ1) is 39.1. The lowest BCUT2D eigenvalue weighted by atomic mass is 9.44. The van der Waals surface area contributed by atoms with E-state index in [1.54, 1.807) is 0 Å². The van der Waals surface area contributed by atoms with Crippen LogP contribution >= 0.6 is 0 Å². The Bertz CT molecular complexity index is 4110. The molecule has 68 heavy (non-hydrogen) atoms. The van der Waals surface area contributed by atoms with E-state index in [4.69, 9.17) is 8.83 Å². The Morgan fingerprint density at radius 1 is 0.515 bits per heavy atom. The van der Waals surface area contributed by atoms with Gasteiger partial charge in [0.1, 0.15) is 22.3 Å². The first-order valence-corrected chi connectivity index (χ1v) is 24.7. The standard InChI is InChI=1S/C63H53BN2O2/c1-60(2,3)34-18-20-35(21-19-34)66-51-32-46-41(42-29-47-48(31-45(42)63(46,8)9)62(6,7)27-26-61(47,4)5)28-43(51)38-22-23-40-56-50(25-24-39-36-14-10-13-17-54(36)68-59(39)56)65-52-30-44-37-15-11-12-16-53(37)67-55(44)33-49(52)64(66)57(38)58(40)65/h10-25,28-33H,26-27H2,1-9H3. The fourth-order valence-corrected chi connectivity index (χ4v) is 13.6. The van der Waals surface area contributed by atoms with Gasteiger partial charge in [0.05, 0.1) is 16.4 Å². The molecule has 2 aliphatic heterocycles. The predicted octanol–water partition coefficient (Wildman–Crippen LogP) is 15.8. The topological polar surface area (TPSA) is 34.5 Å². The van der Waals surface area contributed by atoms with Crippen molar-refractivity contribution in [2.24, 2.45) is 0 Å². The lowest BCUT2D eigenvalue weighted by molar-refractivity contribution is 0.331. The van der Waals surface area contributed by atoms with Crippen molar-refractivity contribution in [1.29, 1.82) is 0 Å². The molecule has 3 aromatic heterocycles. The first-order valence-electron chi connectivity index (χ1n) is 24.7. The molecule has 5 heterocycles. The van der Waals surface area contributed by atoms with Crippen molar-refractivity contribution >= 4 is 94.8 Å². The molecule has 0 unspecified atom stereocenters. The van der Waals surface area contributed by atoms with Gasteiger partial charge in [-0.3, -0.25) is 0 Å². The largest absolute Gasteiger partial charge is 0.456 e. The van der Waals surface area contributed by atoms with E-state index in [0.29, 0.717) is 0 Å². The van der Waals surface area contributed by atoms with Crippen molar-refractivity contribution in [1.82, 2.24) is 4.57 Å². The van der Waals surface area contributed by atoms with Crippen LogP contribution in [-0.2, 0) is 21.7 Å². The number of fused-ring (bicyclic) bond motifs is 19. The second kappa shape index (κ2) is 12.4. The van der Waals surface area contributed by atoms with Gasteiger partial charge in [0.25, 0.3) is 0 Å². The average molecular weight is 881 g/mol. The molecule has 4 nitrogen and oxygen atoms in total. The molecule has 330 valence electrons. The molecular formula is C63H53BN2O2. The minimum absolute atomic E-state index is 0.0171. The molecule has 11 aromatic rings. The summed E-state index contributed by atoms with van der Waals surface area (Å²) < 4.78 is 16.3. The molecule has 0 bridgehead atoms. The van der Waals surface area contributed by atoms with Crippen LogP contribution < -0.4 is 15.7 Å². The van der Waals surface area contributed by atoms with Crippen LogP contribution in [0, 0.1) is 0 Å². The molecule has 0 radical (unpaired) electrons. The highest BCUT2D eigenvalue weighted by molar-refractivity contribution is 6.94. The van der Waals surface area contributed by atoms with Gasteiger partial charge in [0, 0.05) is 55.0 Å². The molecule has 15 rings (SSSR count). The quantitative estimate of drug-likeness (QED) is 0.154. The molecule has 0 saturated carbocycles. The third-order valence-electron chi connectivity index (χ3n) is 17.4. The second-order valence-corrected chi connectivity index (χ2v) is 23.5. The molecule has 0 amide bonds. The highest BCUT2D eigenvalue weighted by Crippen LogP contribution is 2.58. The Balaban J connectivity index is 1.09. The number of hydrogen-bond donors (Lipinski definition) is 0.